The highest BCUT2D eigenvalue weighted by Crippen LogP contribution is 2.30. The van der Waals surface area contributed by atoms with Crippen molar-refractivity contribution in [3.63, 3.8) is 0 Å². The monoisotopic (exact) mass is 528 g/mol. The molecular formula is C18H24F3IN4OS. The summed E-state index contributed by atoms with van der Waals surface area (Å²) in [6, 6.07) is 7.80. The number of thiazole rings is 1. The first-order valence-corrected chi connectivity index (χ1v) is 9.47. The first-order chi connectivity index (χ1) is 12.9. The summed E-state index contributed by atoms with van der Waals surface area (Å²) < 4.78 is 43.0. The second-order valence-electron chi connectivity index (χ2n) is 5.62. The van der Waals surface area contributed by atoms with Crippen LogP contribution in [0.4, 0.5) is 13.2 Å². The number of guanidine groups is 1. The van der Waals surface area contributed by atoms with E-state index in [-0.39, 0.29) is 24.0 Å². The molecule has 156 valence electrons. The van der Waals surface area contributed by atoms with Gasteiger partial charge in [-0.2, -0.15) is 13.2 Å². The second-order valence-corrected chi connectivity index (χ2v) is 6.57. The number of halogens is 4. The standard InChI is InChI=1S/C18H23F3N4OS.HI/c1-3-22-17(23-10-8-13-6-4-5-7-14(13)26-2)24-11-9-16-25-15(12-27-16)18(19,20)21;/h4-7,12H,3,8-11H2,1-2H3,(H2,22,23,24);1H. The lowest BCUT2D eigenvalue weighted by atomic mass is 10.1. The van der Waals surface area contributed by atoms with Crippen molar-refractivity contribution in [3.8, 4) is 5.75 Å². The van der Waals surface area contributed by atoms with Crippen molar-refractivity contribution in [2.45, 2.75) is 25.9 Å². The number of ether oxygens (including phenoxy) is 1. The molecule has 0 aliphatic carbocycles. The number of aliphatic imine (C=N–C) groups is 1. The van der Waals surface area contributed by atoms with E-state index in [0.717, 1.165) is 34.5 Å². The Bertz CT molecular complexity index is 752. The molecule has 0 bridgehead atoms. The van der Waals surface area contributed by atoms with Crippen LogP contribution in [0.3, 0.4) is 0 Å². The number of hydrogen-bond acceptors (Lipinski definition) is 4. The number of para-hydroxylation sites is 1. The predicted molar refractivity (Wildman–Crippen MR) is 117 cm³/mol. The quantitative estimate of drug-likeness (QED) is 0.308. The molecule has 0 aliphatic heterocycles. The van der Waals surface area contributed by atoms with Gasteiger partial charge in [-0.25, -0.2) is 4.98 Å². The smallest absolute Gasteiger partial charge is 0.434 e. The SMILES string of the molecule is CCNC(=NCCc1nc(C(F)(F)F)cs1)NCCc1ccccc1OC.I. The lowest BCUT2D eigenvalue weighted by Gasteiger charge is -2.12. The molecule has 1 aromatic carbocycles. The number of nitrogens with one attached hydrogen (secondary N) is 2. The third-order valence-electron chi connectivity index (χ3n) is 3.66. The van der Waals surface area contributed by atoms with Crippen LogP contribution < -0.4 is 15.4 Å². The van der Waals surface area contributed by atoms with E-state index in [9.17, 15) is 13.2 Å². The third-order valence-corrected chi connectivity index (χ3v) is 4.57. The minimum atomic E-state index is -4.40. The average Bonchev–Trinajstić information content (AvgIpc) is 3.11. The summed E-state index contributed by atoms with van der Waals surface area (Å²) in [5, 5.41) is 7.81. The summed E-state index contributed by atoms with van der Waals surface area (Å²) in [4.78, 5) is 8.02. The average molecular weight is 528 g/mol. The van der Waals surface area contributed by atoms with E-state index >= 15 is 0 Å². The van der Waals surface area contributed by atoms with Crippen molar-refractivity contribution < 1.29 is 17.9 Å². The van der Waals surface area contributed by atoms with Crippen LogP contribution in [0.15, 0.2) is 34.6 Å². The largest absolute Gasteiger partial charge is 0.496 e. The summed E-state index contributed by atoms with van der Waals surface area (Å²) in [5.74, 6) is 1.46. The molecule has 0 radical (unpaired) electrons. The first-order valence-electron chi connectivity index (χ1n) is 8.59. The molecule has 0 saturated heterocycles. The fourth-order valence-electron chi connectivity index (χ4n) is 2.39. The minimum Gasteiger partial charge on any atom is -0.496 e. The zero-order valence-corrected chi connectivity index (χ0v) is 18.8. The molecule has 0 atom stereocenters. The van der Waals surface area contributed by atoms with Gasteiger partial charge in [-0.05, 0) is 25.0 Å². The molecule has 5 nitrogen and oxygen atoms in total. The van der Waals surface area contributed by atoms with Gasteiger partial charge >= 0.3 is 6.18 Å². The number of aromatic nitrogens is 1. The Morgan fingerprint density at radius 3 is 2.61 bits per heavy atom. The van der Waals surface area contributed by atoms with E-state index in [4.69, 9.17) is 4.74 Å². The lowest BCUT2D eigenvalue weighted by molar-refractivity contribution is -0.140. The van der Waals surface area contributed by atoms with Crippen LogP contribution in [0.1, 0.15) is 23.2 Å². The first kappa shape index (κ1) is 24.5. The molecule has 0 aliphatic rings. The van der Waals surface area contributed by atoms with Crippen LogP contribution in [-0.2, 0) is 19.0 Å². The molecule has 0 amide bonds. The summed E-state index contributed by atoms with van der Waals surface area (Å²) in [6.07, 6.45) is -3.27. The molecule has 0 saturated carbocycles. The van der Waals surface area contributed by atoms with E-state index in [1.165, 1.54) is 0 Å². The predicted octanol–water partition coefficient (Wildman–Crippen LogP) is 4.13. The van der Waals surface area contributed by atoms with Gasteiger partial charge in [0.2, 0.25) is 0 Å². The van der Waals surface area contributed by atoms with Gasteiger partial charge in [0.15, 0.2) is 11.7 Å². The van der Waals surface area contributed by atoms with Gasteiger partial charge in [-0.1, -0.05) is 18.2 Å². The van der Waals surface area contributed by atoms with Crippen molar-refractivity contribution in [3.05, 3.63) is 45.9 Å². The van der Waals surface area contributed by atoms with Crippen molar-refractivity contribution in [1.29, 1.82) is 0 Å². The number of methoxy groups -OCH3 is 1. The van der Waals surface area contributed by atoms with Gasteiger partial charge in [0.05, 0.1) is 12.1 Å². The van der Waals surface area contributed by atoms with Gasteiger partial charge < -0.3 is 15.4 Å². The Kier molecular flexibility index (Phi) is 10.6. The lowest BCUT2D eigenvalue weighted by Crippen LogP contribution is -2.38. The fraction of sp³-hybridized carbons (Fsp3) is 0.444. The van der Waals surface area contributed by atoms with Crippen LogP contribution >= 0.6 is 35.3 Å². The maximum absolute atomic E-state index is 12.6. The van der Waals surface area contributed by atoms with E-state index in [2.05, 4.69) is 20.6 Å². The molecule has 0 fully saturated rings. The Morgan fingerprint density at radius 1 is 1.21 bits per heavy atom. The maximum atomic E-state index is 12.6. The Hall–Kier alpha value is -1.56. The second kappa shape index (κ2) is 12.1. The molecule has 2 N–H and O–H groups in total. The number of nitrogens with zero attached hydrogens (tertiary/aromatic N) is 2. The molecule has 0 spiro atoms. The van der Waals surface area contributed by atoms with Crippen LogP contribution in [-0.4, -0.2) is 37.7 Å². The van der Waals surface area contributed by atoms with Gasteiger partial charge in [0.1, 0.15) is 5.75 Å². The van der Waals surface area contributed by atoms with Crippen molar-refractivity contribution in [2.75, 3.05) is 26.7 Å². The molecule has 2 rings (SSSR count). The Morgan fingerprint density at radius 2 is 1.96 bits per heavy atom. The molecule has 2 aromatic rings. The zero-order valence-electron chi connectivity index (χ0n) is 15.7. The highest BCUT2D eigenvalue weighted by Gasteiger charge is 2.33. The Labute approximate surface area is 183 Å². The van der Waals surface area contributed by atoms with Gasteiger partial charge in [0, 0.05) is 31.4 Å². The molecule has 28 heavy (non-hydrogen) atoms. The van der Waals surface area contributed by atoms with E-state index in [1.807, 2.05) is 31.2 Å². The van der Waals surface area contributed by atoms with Crippen LogP contribution in [0.2, 0.25) is 0 Å². The van der Waals surface area contributed by atoms with Crippen molar-refractivity contribution in [1.82, 2.24) is 15.6 Å². The summed E-state index contributed by atoms with van der Waals surface area (Å²) in [5.41, 5.74) is 0.249. The molecule has 1 aromatic heterocycles. The van der Waals surface area contributed by atoms with Gasteiger partial charge in [0.25, 0.3) is 0 Å². The highest BCUT2D eigenvalue weighted by atomic mass is 127. The minimum absolute atomic E-state index is 0. The summed E-state index contributed by atoms with van der Waals surface area (Å²) >= 11 is 1.01. The number of alkyl halides is 3. The maximum Gasteiger partial charge on any atom is 0.434 e. The molecule has 10 heteroatoms. The van der Waals surface area contributed by atoms with Gasteiger partial charge in [-0.15, -0.1) is 35.3 Å². The zero-order chi connectivity index (χ0) is 19.7. The van der Waals surface area contributed by atoms with E-state index in [0.29, 0.717) is 37.0 Å². The van der Waals surface area contributed by atoms with Crippen molar-refractivity contribution in [2.24, 2.45) is 4.99 Å². The Balaban J connectivity index is 0.00000392. The van der Waals surface area contributed by atoms with Gasteiger partial charge in [-0.3, -0.25) is 4.99 Å². The van der Waals surface area contributed by atoms with E-state index < -0.39 is 11.9 Å². The summed E-state index contributed by atoms with van der Waals surface area (Å²) in [7, 11) is 1.64. The fourth-order valence-corrected chi connectivity index (χ4v) is 3.18. The topological polar surface area (TPSA) is 58.5 Å². The normalized spacial score (nSPS) is 11.7. The van der Waals surface area contributed by atoms with Crippen LogP contribution in [0.5, 0.6) is 5.75 Å². The summed E-state index contributed by atoms with van der Waals surface area (Å²) in [6.45, 7) is 3.65. The van der Waals surface area contributed by atoms with Crippen molar-refractivity contribution >= 4 is 41.3 Å². The highest BCUT2D eigenvalue weighted by molar-refractivity contribution is 14.0. The number of rotatable bonds is 8. The third kappa shape index (κ3) is 7.82. The number of hydrogen-bond donors (Lipinski definition) is 2. The number of benzene rings is 1. The van der Waals surface area contributed by atoms with Crippen LogP contribution in [0.25, 0.3) is 0 Å². The molecule has 0 unspecified atom stereocenters. The molecular weight excluding hydrogens is 504 g/mol. The van der Waals surface area contributed by atoms with Crippen LogP contribution in [0, 0.1) is 0 Å². The molecule has 1 heterocycles. The van der Waals surface area contributed by atoms with E-state index in [1.54, 1.807) is 7.11 Å².